The van der Waals surface area contributed by atoms with Crippen molar-refractivity contribution in [3.05, 3.63) is 41.6 Å². The van der Waals surface area contributed by atoms with Crippen molar-refractivity contribution in [1.29, 1.82) is 5.26 Å². The van der Waals surface area contributed by atoms with Crippen molar-refractivity contribution in [2.24, 2.45) is 10.6 Å². The van der Waals surface area contributed by atoms with Gasteiger partial charge in [0.25, 0.3) is 0 Å². The zero-order valence-electron chi connectivity index (χ0n) is 17.7. The zero-order chi connectivity index (χ0) is 22.6. The zero-order valence-corrected chi connectivity index (χ0v) is 18.5. The molecule has 2 atom stereocenters. The van der Waals surface area contributed by atoms with Crippen LogP contribution in [-0.4, -0.2) is 42.2 Å². The van der Waals surface area contributed by atoms with Crippen LogP contribution in [0.3, 0.4) is 0 Å². The van der Waals surface area contributed by atoms with Gasteiger partial charge in [0, 0.05) is 12.6 Å². The average molecular weight is 445 g/mol. The van der Waals surface area contributed by atoms with Crippen LogP contribution >= 0.6 is 0 Å². The average Bonchev–Trinajstić information content (AvgIpc) is 2.70. The van der Waals surface area contributed by atoms with Crippen molar-refractivity contribution in [3.8, 4) is 6.07 Å². The van der Waals surface area contributed by atoms with Crippen molar-refractivity contribution in [2.45, 2.75) is 56.6 Å². The fourth-order valence-electron chi connectivity index (χ4n) is 3.79. The Morgan fingerprint density at radius 1 is 1.35 bits per heavy atom. The Balaban J connectivity index is 1.65. The van der Waals surface area contributed by atoms with Gasteiger partial charge in [-0.2, -0.15) is 10.2 Å². The molecule has 0 amide bonds. The summed E-state index contributed by atoms with van der Waals surface area (Å²) >= 11 is 0. The lowest BCUT2D eigenvalue weighted by Gasteiger charge is -2.40. The lowest BCUT2D eigenvalue weighted by atomic mass is 9.73. The molecule has 10 heteroatoms. The number of nitrogens with zero attached hydrogens (tertiary/aromatic N) is 3. The molecule has 1 heterocycles. The molecule has 0 aliphatic heterocycles. The van der Waals surface area contributed by atoms with Crippen molar-refractivity contribution < 1.29 is 13.5 Å². The Morgan fingerprint density at radius 3 is 2.81 bits per heavy atom. The van der Waals surface area contributed by atoms with E-state index >= 15 is 0 Å². The molecule has 2 aromatic rings. The summed E-state index contributed by atoms with van der Waals surface area (Å²) < 4.78 is 23.0. The summed E-state index contributed by atoms with van der Waals surface area (Å²) in [5, 5.41) is 31.2. The molecule has 0 radical (unpaired) electrons. The standard InChI is InChI=1S/C21H28N6O3S/c1-21(2)11-16(6-7-18(21)28)26-19-15(12-22)13-25-20(27-19)24-9-8-14-4-3-5-17(10-14)31(23,29)30/h3-5,10,13,16,18,28H,6-9,11H2,1-2H3,(H2,23,29,30)(H2,24,25,26,27)/t16-,18+/m1/s1. The Kier molecular flexibility index (Phi) is 6.79. The van der Waals surface area contributed by atoms with E-state index in [2.05, 4.69) is 26.7 Å². The monoisotopic (exact) mass is 444 g/mol. The van der Waals surface area contributed by atoms with Crippen molar-refractivity contribution in [2.75, 3.05) is 17.2 Å². The van der Waals surface area contributed by atoms with Gasteiger partial charge in [0.1, 0.15) is 17.5 Å². The fourth-order valence-corrected chi connectivity index (χ4v) is 4.38. The highest BCUT2D eigenvalue weighted by molar-refractivity contribution is 7.89. The van der Waals surface area contributed by atoms with E-state index in [1.54, 1.807) is 12.1 Å². The summed E-state index contributed by atoms with van der Waals surface area (Å²) in [6.45, 7) is 4.55. The number of hydrogen-bond donors (Lipinski definition) is 4. The molecular weight excluding hydrogens is 416 g/mol. The Labute approximate surface area is 182 Å². The predicted molar refractivity (Wildman–Crippen MR) is 118 cm³/mol. The second kappa shape index (κ2) is 9.18. The number of aliphatic hydroxyl groups excluding tert-OH is 1. The van der Waals surface area contributed by atoms with Crippen molar-refractivity contribution >= 4 is 21.8 Å². The number of benzene rings is 1. The Morgan fingerprint density at radius 2 is 2.13 bits per heavy atom. The molecule has 3 rings (SSSR count). The number of nitriles is 1. The topological polar surface area (TPSA) is 154 Å². The third kappa shape index (κ3) is 5.91. The third-order valence-electron chi connectivity index (χ3n) is 5.64. The predicted octanol–water partition coefficient (Wildman–Crippen LogP) is 2.00. The minimum absolute atomic E-state index is 0.0756. The second-order valence-corrected chi connectivity index (χ2v) is 10.1. The van der Waals surface area contributed by atoms with Crippen LogP contribution in [0.1, 0.15) is 44.2 Å². The number of nitrogens with one attached hydrogen (secondary N) is 2. The summed E-state index contributed by atoms with van der Waals surface area (Å²) in [5.41, 5.74) is 0.965. The first-order chi connectivity index (χ1) is 14.6. The summed E-state index contributed by atoms with van der Waals surface area (Å²) in [6.07, 6.45) is 3.94. The van der Waals surface area contributed by atoms with E-state index in [0.29, 0.717) is 36.7 Å². The van der Waals surface area contributed by atoms with Gasteiger partial charge in [0.15, 0.2) is 0 Å². The minimum atomic E-state index is -3.74. The number of hydrogen-bond acceptors (Lipinski definition) is 8. The minimum Gasteiger partial charge on any atom is -0.393 e. The number of primary sulfonamides is 1. The lowest BCUT2D eigenvalue weighted by molar-refractivity contribution is 0.00926. The highest BCUT2D eigenvalue weighted by atomic mass is 32.2. The molecule has 166 valence electrons. The van der Waals surface area contributed by atoms with Gasteiger partial charge < -0.3 is 15.7 Å². The number of rotatable bonds is 7. The second-order valence-electron chi connectivity index (χ2n) is 8.56. The summed E-state index contributed by atoms with van der Waals surface area (Å²) in [6, 6.07) is 8.69. The van der Waals surface area contributed by atoms with Crippen molar-refractivity contribution in [3.63, 3.8) is 0 Å². The van der Waals surface area contributed by atoms with Crippen LogP contribution in [0.25, 0.3) is 0 Å². The van der Waals surface area contributed by atoms with Crippen LogP contribution in [0.2, 0.25) is 0 Å². The molecule has 1 saturated carbocycles. The maximum absolute atomic E-state index is 11.5. The van der Waals surface area contributed by atoms with Gasteiger partial charge in [0.05, 0.1) is 17.2 Å². The normalized spacial score (nSPS) is 20.6. The number of aliphatic hydroxyl groups is 1. The first-order valence-electron chi connectivity index (χ1n) is 10.2. The quantitative estimate of drug-likeness (QED) is 0.505. The van der Waals surface area contributed by atoms with Gasteiger partial charge in [-0.15, -0.1) is 0 Å². The molecule has 1 aliphatic rings. The van der Waals surface area contributed by atoms with Crippen LogP contribution in [0.4, 0.5) is 11.8 Å². The number of aromatic nitrogens is 2. The molecule has 5 N–H and O–H groups in total. The molecule has 9 nitrogen and oxygen atoms in total. The van der Waals surface area contributed by atoms with Gasteiger partial charge in [0.2, 0.25) is 16.0 Å². The molecule has 1 fully saturated rings. The SMILES string of the molecule is CC1(C)C[C@H](Nc2nc(NCCc3cccc(S(N)(=O)=O)c3)ncc2C#N)CC[C@@H]1O. The summed E-state index contributed by atoms with van der Waals surface area (Å²) in [7, 11) is -3.74. The van der Waals surface area contributed by atoms with E-state index in [1.165, 1.54) is 12.3 Å². The molecule has 0 spiro atoms. The van der Waals surface area contributed by atoms with Crippen LogP contribution in [0, 0.1) is 16.7 Å². The van der Waals surface area contributed by atoms with Crippen molar-refractivity contribution in [1.82, 2.24) is 9.97 Å². The van der Waals surface area contributed by atoms with Crippen LogP contribution in [-0.2, 0) is 16.4 Å². The number of nitrogens with two attached hydrogens (primary N) is 1. The first-order valence-corrected chi connectivity index (χ1v) is 11.7. The van der Waals surface area contributed by atoms with Gasteiger partial charge in [-0.05, 0) is 48.8 Å². The molecule has 0 saturated heterocycles. The molecule has 31 heavy (non-hydrogen) atoms. The van der Waals surface area contributed by atoms with E-state index in [-0.39, 0.29) is 22.5 Å². The van der Waals surface area contributed by atoms with Gasteiger partial charge in [-0.1, -0.05) is 26.0 Å². The molecule has 1 aromatic carbocycles. The van der Waals surface area contributed by atoms with Crippen LogP contribution < -0.4 is 15.8 Å². The van der Waals surface area contributed by atoms with Crippen LogP contribution in [0.5, 0.6) is 0 Å². The highest BCUT2D eigenvalue weighted by Gasteiger charge is 2.35. The van der Waals surface area contributed by atoms with E-state index in [9.17, 15) is 18.8 Å². The maximum Gasteiger partial charge on any atom is 0.238 e. The summed E-state index contributed by atoms with van der Waals surface area (Å²) in [4.78, 5) is 8.73. The van der Waals surface area contributed by atoms with Gasteiger partial charge in [-0.25, -0.2) is 18.5 Å². The number of sulfonamides is 1. The smallest absolute Gasteiger partial charge is 0.238 e. The van der Waals surface area contributed by atoms with Gasteiger partial charge >= 0.3 is 0 Å². The molecule has 1 aliphatic carbocycles. The third-order valence-corrected chi connectivity index (χ3v) is 6.55. The Bertz CT molecular complexity index is 1080. The van der Waals surface area contributed by atoms with Gasteiger partial charge in [-0.3, -0.25) is 0 Å². The van der Waals surface area contributed by atoms with Crippen LogP contribution in [0.15, 0.2) is 35.4 Å². The summed E-state index contributed by atoms with van der Waals surface area (Å²) in [5.74, 6) is 0.840. The maximum atomic E-state index is 11.5. The van der Waals surface area contributed by atoms with E-state index in [4.69, 9.17) is 5.14 Å². The van der Waals surface area contributed by atoms with E-state index in [0.717, 1.165) is 18.4 Å². The highest BCUT2D eigenvalue weighted by Crippen LogP contribution is 2.36. The number of anilines is 2. The fraction of sp³-hybridized carbons (Fsp3) is 0.476. The van der Waals surface area contributed by atoms with E-state index < -0.39 is 10.0 Å². The first kappa shape index (κ1) is 22.9. The Hall–Kier alpha value is -2.74. The molecule has 0 bridgehead atoms. The molecular formula is C21H28N6O3S. The molecule has 1 aromatic heterocycles. The lowest BCUT2D eigenvalue weighted by Crippen LogP contribution is -2.41. The molecule has 0 unspecified atom stereocenters. The van der Waals surface area contributed by atoms with E-state index in [1.807, 2.05) is 19.9 Å². The largest absolute Gasteiger partial charge is 0.393 e.